The van der Waals surface area contributed by atoms with E-state index in [9.17, 15) is 8.42 Å². The molecule has 2 rings (SSSR count). The summed E-state index contributed by atoms with van der Waals surface area (Å²) in [4.78, 5) is 8.32. The Morgan fingerprint density at radius 3 is 2.95 bits per heavy atom. The molecule has 112 valence electrons. The lowest BCUT2D eigenvalue weighted by atomic mass is 10.2. The van der Waals surface area contributed by atoms with Gasteiger partial charge in [-0.1, -0.05) is 0 Å². The Balaban J connectivity index is 2.00. The Morgan fingerprint density at radius 1 is 1.50 bits per heavy atom. The Kier molecular flexibility index (Phi) is 4.77. The predicted molar refractivity (Wildman–Crippen MR) is 77.1 cm³/mol. The van der Waals surface area contributed by atoms with E-state index in [1.807, 2.05) is 6.92 Å². The molecule has 1 aliphatic heterocycles. The molecule has 0 amide bonds. The van der Waals surface area contributed by atoms with Crippen molar-refractivity contribution in [1.82, 2.24) is 9.97 Å². The molecular formula is C12H20N4O3S. The normalized spacial score (nSPS) is 20.9. The van der Waals surface area contributed by atoms with Crippen LogP contribution in [0.15, 0.2) is 6.07 Å². The summed E-state index contributed by atoms with van der Waals surface area (Å²) >= 11 is 0. The molecule has 1 saturated heterocycles. The number of rotatable bonds is 6. The minimum atomic E-state index is -2.95. The van der Waals surface area contributed by atoms with Crippen LogP contribution in [0.25, 0.3) is 0 Å². The number of nitrogen functional groups attached to an aromatic ring is 1. The van der Waals surface area contributed by atoms with Crippen molar-refractivity contribution in [2.75, 3.05) is 30.0 Å². The maximum Gasteiger partial charge on any atom is 0.158 e. The van der Waals surface area contributed by atoms with E-state index in [2.05, 4.69) is 15.3 Å². The maximum atomic E-state index is 11.7. The summed E-state index contributed by atoms with van der Waals surface area (Å²) in [5.74, 6) is 1.64. The summed E-state index contributed by atoms with van der Waals surface area (Å²) in [5, 5.41) is 2.70. The van der Waals surface area contributed by atoms with E-state index in [0.717, 1.165) is 6.42 Å². The molecule has 1 fully saturated rings. The van der Waals surface area contributed by atoms with Gasteiger partial charge in [0, 0.05) is 19.2 Å². The first-order chi connectivity index (χ1) is 9.51. The van der Waals surface area contributed by atoms with Gasteiger partial charge >= 0.3 is 0 Å². The molecule has 8 heteroatoms. The minimum absolute atomic E-state index is 0.279. The van der Waals surface area contributed by atoms with Gasteiger partial charge in [0.15, 0.2) is 15.7 Å². The molecule has 1 atom stereocenters. The van der Waals surface area contributed by atoms with Gasteiger partial charge in [-0.05, 0) is 19.8 Å². The zero-order valence-corrected chi connectivity index (χ0v) is 12.3. The third-order valence-electron chi connectivity index (χ3n) is 3.20. The van der Waals surface area contributed by atoms with Crippen LogP contribution in [0.3, 0.4) is 0 Å². The van der Waals surface area contributed by atoms with Crippen LogP contribution >= 0.6 is 0 Å². The van der Waals surface area contributed by atoms with E-state index in [-0.39, 0.29) is 17.6 Å². The summed E-state index contributed by atoms with van der Waals surface area (Å²) in [6.07, 6.45) is 1.43. The lowest BCUT2D eigenvalue weighted by molar-refractivity contribution is 0.128. The van der Waals surface area contributed by atoms with Crippen LogP contribution in [0.2, 0.25) is 0 Å². The summed E-state index contributed by atoms with van der Waals surface area (Å²) < 4.78 is 28.7. The highest BCUT2D eigenvalue weighted by molar-refractivity contribution is 7.92. The van der Waals surface area contributed by atoms with Gasteiger partial charge in [-0.2, -0.15) is 0 Å². The third-order valence-corrected chi connectivity index (χ3v) is 5.48. The standard InChI is InChI=1S/C12H20N4O3S/c1-2-19-8-12-15-10(13)6-11(16-12)14-7-9-4-3-5-20(9,17)18/h6,9H,2-5,7-8H2,1H3,(H3,13,14,15,16). The Labute approximate surface area is 118 Å². The van der Waals surface area contributed by atoms with Crippen molar-refractivity contribution in [3.8, 4) is 0 Å². The average molecular weight is 300 g/mol. The quantitative estimate of drug-likeness (QED) is 0.791. The summed E-state index contributed by atoms with van der Waals surface area (Å²) in [6, 6.07) is 1.59. The molecule has 0 spiro atoms. The molecule has 3 N–H and O–H groups in total. The molecule has 2 heterocycles. The highest BCUT2D eigenvalue weighted by Gasteiger charge is 2.30. The van der Waals surface area contributed by atoms with Crippen LogP contribution in [0, 0.1) is 0 Å². The van der Waals surface area contributed by atoms with Gasteiger partial charge in [0.05, 0.1) is 11.0 Å². The number of nitrogens with zero attached hydrogens (tertiary/aromatic N) is 2. The first-order valence-corrected chi connectivity index (χ1v) is 8.39. The van der Waals surface area contributed by atoms with E-state index in [0.29, 0.717) is 37.0 Å². The SMILES string of the molecule is CCOCc1nc(N)cc(NCC2CCCS2(=O)=O)n1. The van der Waals surface area contributed by atoms with E-state index < -0.39 is 9.84 Å². The van der Waals surface area contributed by atoms with E-state index in [1.165, 1.54) is 0 Å². The molecule has 0 aliphatic carbocycles. The van der Waals surface area contributed by atoms with Crippen molar-refractivity contribution in [3.63, 3.8) is 0 Å². The fourth-order valence-electron chi connectivity index (χ4n) is 2.17. The lowest BCUT2D eigenvalue weighted by Gasteiger charge is -2.12. The number of aromatic nitrogens is 2. The second-order valence-corrected chi connectivity index (χ2v) is 7.14. The molecule has 1 aromatic rings. The smallest absolute Gasteiger partial charge is 0.158 e. The summed E-state index contributed by atoms with van der Waals surface area (Å²) in [6.45, 7) is 3.10. The van der Waals surface area contributed by atoms with Crippen molar-refractivity contribution < 1.29 is 13.2 Å². The Bertz CT molecular complexity index is 562. The van der Waals surface area contributed by atoms with Gasteiger partial charge in [0.25, 0.3) is 0 Å². The van der Waals surface area contributed by atoms with Crippen LogP contribution in [0.5, 0.6) is 0 Å². The molecular weight excluding hydrogens is 280 g/mol. The number of hydrogen-bond acceptors (Lipinski definition) is 7. The molecule has 0 saturated carbocycles. The van der Waals surface area contributed by atoms with Gasteiger partial charge in [-0.15, -0.1) is 0 Å². The number of nitrogens with two attached hydrogens (primary N) is 1. The number of anilines is 2. The molecule has 1 aromatic heterocycles. The molecule has 1 aliphatic rings. The highest BCUT2D eigenvalue weighted by atomic mass is 32.2. The Morgan fingerprint density at radius 2 is 2.30 bits per heavy atom. The first kappa shape index (κ1) is 15.0. The van der Waals surface area contributed by atoms with Crippen LogP contribution in [0.4, 0.5) is 11.6 Å². The fraction of sp³-hybridized carbons (Fsp3) is 0.667. The first-order valence-electron chi connectivity index (χ1n) is 6.68. The molecule has 20 heavy (non-hydrogen) atoms. The molecule has 0 radical (unpaired) electrons. The molecule has 7 nitrogen and oxygen atoms in total. The number of sulfone groups is 1. The molecule has 0 bridgehead atoms. The predicted octanol–water partition coefficient (Wildman–Crippen LogP) is 0.584. The maximum absolute atomic E-state index is 11.7. The number of nitrogens with one attached hydrogen (secondary N) is 1. The monoisotopic (exact) mass is 300 g/mol. The second-order valence-electron chi connectivity index (χ2n) is 4.74. The lowest BCUT2D eigenvalue weighted by Crippen LogP contribution is -2.25. The summed E-state index contributed by atoms with van der Waals surface area (Å²) in [5.41, 5.74) is 5.70. The van der Waals surface area contributed by atoms with Crippen molar-refractivity contribution >= 4 is 21.5 Å². The summed E-state index contributed by atoms with van der Waals surface area (Å²) in [7, 11) is -2.95. The third kappa shape index (κ3) is 3.80. The zero-order chi connectivity index (χ0) is 14.6. The van der Waals surface area contributed by atoms with Gasteiger partial charge in [-0.3, -0.25) is 0 Å². The molecule has 1 unspecified atom stereocenters. The van der Waals surface area contributed by atoms with Gasteiger partial charge in [0.1, 0.15) is 18.2 Å². The minimum Gasteiger partial charge on any atom is -0.384 e. The van der Waals surface area contributed by atoms with E-state index in [4.69, 9.17) is 10.5 Å². The van der Waals surface area contributed by atoms with Crippen molar-refractivity contribution in [1.29, 1.82) is 0 Å². The number of hydrogen-bond donors (Lipinski definition) is 2. The molecule has 0 aromatic carbocycles. The van der Waals surface area contributed by atoms with Gasteiger partial charge in [0.2, 0.25) is 0 Å². The van der Waals surface area contributed by atoms with Crippen molar-refractivity contribution in [2.24, 2.45) is 0 Å². The van der Waals surface area contributed by atoms with Gasteiger partial charge < -0.3 is 15.8 Å². The second kappa shape index (κ2) is 6.36. The van der Waals surface area contributed by atoms with Crippen molar-refractivity contribution in [3.05, 3.63) is 11.9 Å². The van der Waals surface area contributed by atoms with Crippen LogP contribution in [0.1, 0.15) is 25.6 Å². The van der Waals surface area contributed by atoms with Gasteiger partial charge in [-0.25, -0.2) is 18.4 Å². The largest absolute Gasteiger partial charge is 0.384 e. The Hall–Kier alpha value is -1.41. The van der Waals surface area contributed by atoms with E-state index >= 15 is 0 Å². The van der Waals surface area contributed by atoms with Crippen LogP contribution in [-0.2, 0) is 21.2 Å². The van der Waals surface area contributed by atoms with E-state index in [1.54, 1.807) is 6.07 Å². The van der Waals surface area contributed by atoms with Crippen LogP contribution in [-0.4, -0.2) is 42.5 Å². The number of ether oxygens (including phenoxy) is 1. The fourth-order valence-corrected chi connectivity index (χ4v) is 3.94. The topological polar surface area (TPSA) is 107 Å². The zero-order valence-electron chi connectivity index (χ0n) is 11.5. The average Bonchev–Trinajstić information content (AvgIpc) is 2.72. The van der Waals surface area contributed by atoms with Crippen molar-refractivity contribution in [2.45, 2.75) is 31.6 Å². The van der Waals surface area contributed by atoms with Crippen LogP contribution < -0.4 is 11.1 Å². The highest BCUT2D eigenvalue weighted by Crippen LogP contribution is 2.20.